The van der Waals surface area contributed by atoms with Gasteiger partial charge in [-0.15, -0.1) is 0 Å². The summed E-state index contributed by atoms with van der Waals surface area (Å²) in [6.45, 7) is 5.51. The molecule has 0 aliphatic heterocycles. The van der Waals surface area contributed by atoms with Crippen LogP contribution < -0.4 is 9.62 Å². The van der Waals surface area contributed by atoms with Gasteiger partial charge in [0.15, 0.2) is 0 Å². The lowest BCUT2D eigenvalue weighted by Gasteiger charge is -2.32. The van der Waals surface area contributed by atoms with Crippen molar-refractivity contribution in [3.8, 4) is 0 Å². The molecule has 1 unspecified atom stereocenters. The number of sulfonamides is 1. The summed E-state index contributed by atoms with van der Waals surface area (Å²) in [5.74, 6) is -0.884. The second-order valence-electron chi connectivity index (χ2n) is 9.42. The Labute approximate surface area is 254 Å². The summed E-state index contributed by atoms with van der Waals surface area (Å²) >= 11 is 15.9. The number of hydrogen-bond acceptors (Lipinski definition) is 4. The molecule has 1 atom stereocenters. The number of aryl methyl sites for hydroxylation is 1. The molecule has 0 heterocycles. The molecule has 0 saturated carbocycles. The first kappa shape index (κ1) is 31.9. The van der Waals surface area contributed by atoms with Crippen LogP contribution in [0.2, 0.25) is 10.0 Å². The van der Waals surface area contributed by atoms with E-state index in [-0.39, 0.29) is 33.1 Å². The van der Waals surface area contributed by atoms with Crippen LogP contribution in [0.25, 0.3) is 0 Å². The zero-order valence-corrected chi connectivity index (χ0v) is 26.4. The van der Waals surface area contributed by atoms with Gasteiger partial charge in [0.2, 0.25) is 11.8 Å². The monoisotopic (exact) mass is 667 g/mol. The predicted molar refractivity (Wildman–Crippen MR) is 164 cm³/mol. The van der Waals surface area contributed by atoms with Crippen molar-refractivity contribution in [1.82, 2.24) is 10.2 Å². The van der Waals surface area contributed by atoms with E-state index in [0.717, 1.165) is 32.7 Å². The largest absolute Gasteiger partial charge is 0.354 e. The van der Waals surface area contributed by atoms with E-state index < -0.39 is 28.5 Å². The van der Waals surface area contributed by atoms with Crippen LogP contribution in [0.15, 0.2) is 76.1 Å². The topological polar surface area (TPSA) is 86.8 Å². The zero-order chi connectivity index (χ0) is 29.4. The van der Waals surface area contributed by atoms with E-state index in [0.29, 0.717) is 6.54 Å². The molecule has 0 aromatic heterocycles. The highest BCUT2D eigenvalue weighted by Crippen LogP contribution is 2.30. The summed E-state index contributed by atoms with van der Waals surface area (Å²) in [5, 5.41) is 3.30. The molecule has 0 fully saturated rings. The first-order chi connectivity index (χ1) is 18.9. The van der Waals surface area contributed by atoms with Gasteiger partial charge in [-0.1, -0.05) is 82.3 Å². The lowest BCUT2D eigenvalue weighted by atomic mass is 10.1. The Hall–Kier alpha value is -2.59. The van der Waals surface area contributed by atoms with Crippen LogP contribution in [-0.2, 0) is 26.2 Å². The van der Waals surface area contributed by atoms with E-state index in [1.165, 1.54) is 35.2 Å². The minimum atomic E-state index is -4.21. The Kier molecular flexibility index (Phi) is 11.5. The highest BCUT2D eigenvalue weighted by Gasteiger charge is 2.32. The summed E-state index contributed by atoms with van der Waals surface area (Å²) in [6.07, 6.45) is 1.71. The van der Waals surface area contributed by atoms with E-state index in [4.69, 9.17) is 23.2 Å². The first-order valence-electron chi connectivity index (χ1n) is 12.8. The molecule has 0 aliphatic carbocycles. The maximum absolute atomic E-state index is 13.9. The van der Waals surface area contributed by atoms with Crippen LogP contribution >= 0.6 is 39.1 Å². The van der Waals surface area contributed by atoms with Crippen LogP contribution in [0.3, 0.4) is 0 Å². The minimum absolute atomic E-state index is 0.00631. The molecule has 3 aromatic carbocycles. The highest BCUT2D eigenvalue weighted by molar-refractivity contribution is 9.10. The Morgan fingerprint density at radius 3 is 2.15 bits per heavy atom. The normalized spacial score (nSPS) is 12.1. The average Bonchev–Trinajstić information content (AvgIpc) is 2.90. The number of nitrogens with zero attached hydrogens (tertiary/aromatic N) is 2. The van der Waals surface area contributed by atoms with Gasteiger partial charge in [-0.25, -0.2) is 8.42 Å². The molecule has 3 rings (SSSR count). The van der Waals surface area contributed by atoms with Crippen molar-refractivity contribution in [3.05, 3.63) is 92.4 Å². The van der Waals surface area contributed by atoms with Crippen molar-refractivity contribution in [2.24, 2.45) is 0 Å². The van der Waals surface area contributed by atoms with Gasteiger partial charge in [-0.3, -0.25) is 13.9 Å². The Bertz CT molecular complexity index is 1410. The third kappa shape index (κ3) is 8.46. The van der Waals surface area contributed by atoms with E-state index in [9.17, 15) is 18.0 Å². The summed E-state index contributed by atoms with van der Waals surface area (Å²) in [7, 11) is -4.21. The lowest BCUT2D eigenvalue weighted by molar-refractivity contribution is -0.139. The third-order valence-corrected chi connectivity index (χ3v) is 9.04. The van der Waals surface area contributed by atoms with Gasteiger partial charge < -0.3 is 10.2 Å². The molecule has 2 amide bonds. The molecule has 0 aliphatic rings. The molecule has 0 bridgehead atoms. The predicted octanol–water partition coefficient (Wildman–Crippen LogP) is 6.59. The van der Waals surface area contributed by atoms with Crippen LogP contribution in [0, 0.1) is 6.92 Å². The fourth-order valence-electron chi connectivity index (χ4n) is 3.95. The van der Waals surface area contributed by atoms with Gasteiger partial charge in [-0.05, 0) is 68.3 Å². The number of nitrogens with one attached hydrogen (secondary N) is 1. The molecule has 214 valence electrons. The number of amides is 2. The number of benzene rings is 3. The molecular weight excluding hydrogens is 637 g/mol. The minimum Gasteiger partial charge on any atom is -0.354 e. The third-order valence-electron chi connectivity index (χ3n) is 6.29. The van der Waals surface area contributed by atoms with Gasteiger partial charge in [0.05, 0.1) is 10.6 Å². The Morgan fingerprint density at radius 2 is 1.57 bits per heavy atom. The van der Waals surface area contributed by atoms with Crippen molar-refractivity contribution >= 4 is 66.7 Å². The molecule has 0 saturated heterocycles. The number of halogens is 3. The van der Waals surface area contributed by atoms with Crippen LogP contribution in [-0.4, -0.2) is 44.3 Å². The van der Waals surface area contributed by atoms with E-state index >= 15 is 0 Å². The van der Waals surface area contributed by atoms with Crippen molar-refractivity contribution in [1.29, 1.82) is 0 Å². The fourth-order valence-corrected chi connectivity index (χ4v) is 6.13. The number of hydrogen-bond donors (Lipinski definition) is 1. The number of unbranched alkanes of at least 4 members (excludes halogenated alkanes) is 1. The van der Waals surface area contributed by atoms with Crippen LogP contribution in [0.1, 0.15) is 37.8 Å². The Balaban J connectivity index is 2.03. The van der Waals surface area contributed by atoms with Crippen molar-refractivity contribution in [2.75, 3.05) is 17.4 Å². The first-order valence-corrected chi connectivity index (χ1v) is 15.8. The molecule has 7 nitrogen and oxygen atoms in total. The summed E-state index contributed by atoms with van der Waals surface area (Å²) in [4.78, 5) is 28.4. The molecule has 0 spiro atoms. The molecule has 0 radical (unpaired) electrons. The van der Waals surface area contributed by atoms with Crippen molar-refractivity contribution in [3.63, 3.8) is 0 Å². The number of rotatable bonds is 12. The maximum atomic E-state index is 13.9. The van der Waals surface area contributed by atoms with E-state index in [2.05, 4.69) is 21.2 Å². The van der Waals surface area contributed by atoms with Gasteiger partial charge in [0.25, 0.3) is 10.0 Å². The second-order valence-corrected chi connectivity index (χ2v) is 13.1. The number of carbonyl (C=O) groups is 2. The second kappa shape index (κ2) is 14.3. The molecule has 3 aromatic rings. The van der Waals surface area contributed by atoms with Gasteiger partial charge in [-0.2, -0.15) is 0 Å². The van der Waals surface area contributed by atoms with Crippen molar-refractivity contribution < 1.29 is 18.0 Å². The lowest BCUT2D eigenvalue weighted by Crippen LogP contribution is -2.51. The molecule has 40 heavy (non-hydrogen) atoms. The number of carbonyl (C=O) groups excluding carboxylic acids is 2. The fraction of sp³-hybridized carbons (Fsp3) is 0.310. The SMILES string of the molecule is CCCCNC(=O)C(C)N(Cc1ccc(Br)cc1)C(=O)CN(c1cc(Cl)cc(Cl)c1)S(=O)(=O)c1ccc(C)cc1. The molecule has 1 N–H and O–H groups in total. The zero-order valence-electron chi connectivity index (χ0n) is 22.5. The van der Waals surface area contributed by atoms with Gasteiger partial charge in [0.1, 0.15) is 12.6 Å². The van der Waals surface area contributed by atoms with Crippen molar-refractivity contribution in [2.45, 2.75) is 51.1 Å². The standard InChI is InChI=1S/C29H32BrCl2N3O4S/c1-4-5-14-33-29(37)21(3)34(18-22-8-10-23(30)11-9-22)28(36)19-35(26-16-24(31)15-25(32)17-26)40(38,39)27-12-6-20(2)7-13-27/h6-13,15-17,21H,4-5,14,18-19H2,1-3H3,(H,33,37). The summed E-state index contributed by atoms with van der Waals surface area (Å²) < 4.78 is 29.6. The Morgan fingerprint density at radius 1 is 0.975 bits per heavy atom. The average molecular weight is 669 g/mol. The molecule has 11 heteroatoms. The molecular formula is C29H32BrCl2N3O4S. The van der Waals surface area contributed by atoms with E-state index in [1.54, 1.807) is 19.1 Å². The van der Waals surface area contributed by atoms with Gasteiger partial charge in [0, 0.05) is 27.6 Å². The van der Waals surface area contributed by atoms with Gasteiger partial charge >= 0.3 is 0 Å². The van der Waals surface area contributed by atoms with Crippen LogP contribution in [0.5, 0.6) is 0 Å². The van der Waals surface area contributed by atoms with Crippen LogP contribution in [0.4, 0.5) is 5.69 Å². The quantitative estimate of drug-likeness (QED) is 0.221. The highest BCUT2D eigenvalue weighted by atomic mass is 79.9. The number of anilines is 1. The van der Waals surface area contributed by atoms with E-state index in [1.807, 2.05) is 38.1 Å². The summed E-state index contributed by atoms with van der Waals surface area (Å²) in [5.41, 5.74) is 1.80. The smallest absolute Gasteiger partial charge is 0.264 e. The summed E-state index contributed by atoms with van der Waals surface area (Å²) in [6, 6.07) is 17.2. The maximum Gasteiger partial charge on any atom is 0.264 e.